The Morgan fingerprint density at radius 1 is 0.328 bits per heavy atom. The van der Waals surface area contributed by atoms with Crippen molar-refractivity contribution in [1.29, 1.82) is 0 Å². The van der Waals surface area contributed by atoms with E-state index in [1.807, 2.05) is 36.4 Å². The van der Waals surface area contributed by atoms with Crippen molar-refractivity contribution in [3.05, 3.63) is 241 Å². The van der Waals surface area contributed by atoms with Crippen molar-refractivity contribution in [3.63, 3.8) is 0 Å². The van der Waals surface area contributed by atoms with E-state index in [1.165, 1.54) is 22.3 Å². The van der Waals surface area contributed by atoms with Crippen molar-refractivity contribution in [2.45, 2.75) is 5.41 Å². The van der Waals surface area contributed by atoms with Crippen molar-refractivity contribution in [2.24, 2.45) is 0 Å². The zero-order valence-electron chi connectivity index (χ0n) is 34.5. The van der Waals surface area contributed by atoms with E-state index in [9.17, 15) is 0 Å². The number of benzene rings is 9. The van der Waals surface area contributed by atoms with Gasteiger partial charge in [-0.2, -0.15) is 0 Å². The molecule has 5 heteroatoms. The third kappa shape index (κ3) is 5.44. The molecule has 2 aromatic heterocycles. The number of hydrogen-bond donors (Lipinski definition) is 0. The summed E-state index contributed by atoms with van der Waals surface area (Å²) in [4.78, 5) is 20.9. The Morgan fingerprint density at radius 3 is 1.47 bits per heavy atom. The molecule has 0 N–H and O–H groups in total. The van der Waals surface area contributed by atoms with Crippen molar-refractivity contribution in [2.75, 3.05) is 0 Å². The average molecular weight is 817 g/mol. The highest BCUT2D eigenvalue weighted by Gasteiger charge is 2.51. The van der Waals surface area contributed by atoms with E-state index >= 15 is 0 Å². The summed E-state index contributed by atoms with van der Waals surface area (Å²) < 4.78 is 6.67. The lowest BCUT2D eigenvalue weighted by atomic mass is 9.66. The van der Waals surface area contributed by atoms with Gasteiger partial charge in [-0.05, 0) is 63.7 Å². The first-order chi connectivity index (χ1) is 31.7. The monoisotopic (exact) mass is 816 g/mol. The normalized spacial score (nSPS) is 12.9. The molecule has 13 rings (SSSR count). The summed E-state index contributed by atoms with van der Waals surface area (Å²) in [5.41, 5.74) is 14.4. The highest BCUT2D eigenvalue weighted by atomic mass is 16.5. The van der Waals surface area contributed by atoms with E-state index in [4.69, 9.17) is 24.7 Å². The molecule has 0 fully saturated rings. The van der Waals surface area contributed by atoms with Crippen LogP contribution in [0.5, 0.6) is 11.5 Å². The molecule has 0 amide bonds. The fraction of sp³-hybridized carbons (Fsp3) is 0.0169. The third-order valence-corrected chi connectivity index (χ3v) is 13.0. The number of para-hydroxylation sites is 2. The van der Waals surface area contributed by atoms with Crippen molar-refractivity contribution < 1.29 is 4.74 Å². The van der Waals surface area contributed by atoms with Crippen LogP contribution in [0, 0.1) is 0 Å². The number of nitrogens with zero attached hydrogens (tertiary/aromatic N) is 4. The maximum absolute atomic E-state index is 6.67. The molecule has 1 aliphatic heterocycles. The average Bonchev–Trinajstić information content (AvgIpc) is 3.67. The lowest BCUT2D eigenvalue weighted by Gasteiger charge is -2.39. The number of fused-ring (bicyclic) bond motifs is 13. The largest absolute Gasteiger partial charge is 0.457 e. The van der Waals surface area contributed by atoms with Gasteiger partial charge in [0.15, 0.2) is 17.5 Å². The Kier molecular flexibility index (Phi) is 8.06. The SMILES string of the molecule is c1ccc(-c2ccc(-c3nc(-c4ccccc4)nc(-c4ccc5nc(-c6ccccc6)c6ccc7c(c6c5c4)-c4ccccc4C74c5ccccc5Oc5ccccc54)n3)cc2)cc1. The Bertz CT molecular complexity index is 3580. The van der Waals surface area contributed by atoms with E-state index in [1.54, 1.807) is 0 Å². The molecular weight excluding hydrogens is 781 g/mol. The van der Waals surface area contributed by atoms with E-state index < -0.39 is 5.41 Å². The van der Waals surface area contributed by atoms with Crippen LogP contribution in [0.15, 0.2) is 218 Å². The summed E-state index contributed by atoms with van der Waals surface area (Å²) >= 11 is 0. The smallest absolute Gasteiger partial charge is 0.164 e. The molecule has 1 aliphatic carbocycles. The second kappa shape index (κ2) is 14.3. The van der Waals surface area contributed by atoms with Gasteiger partial charge >= 0.3 is 0 Å². The summed E-state index contributed by atoms with van der Waals surface area (Å²) in [5, 5.41) is 3.25. The van der Waals surface area contributed by atoms with Gasteiger partial charge < -0.3 is 4.74 Å². The van der Waals surface area contributed by atoms with Crippen LogP contribution in [-0.4, -0.2) is 19.9 Å². The second-order valence-electron chi connectivity index (χ2n) is 16.5. The zero-order valence-corrected chi connectivity index (χ0v) is 34.5. The minimum Gasteiger partial charge on any atom is -0.457 e. The van der Waals surface area contributed by atoms with Crippen LogP contribution in [0.3, 0.4) is 0 Å². The molecule has 11 aromatic rings. The van der Waals surface area contributed by atoms with Gasteiger partial charge in [0.2, 0.25) is 0 Å². The molecule has 5 nitrogen and oxygen atoms in total. The van der Waals surface area contributed by atoms with Gasteiger partial charge in [0.25, 0.3) is 0 Å². The van der Waals surface area contributed by atoms with Crippen LogP contribution >= 0.6 is 0 Å². The Morgan fingerprint density at radius 2 is 0.812 bits per heavy atom. The molecule has 0 bridgehead atoms. The first kappa shape index (κ1) is 36.1. The molecule has 0 unspecified atom stereocenters. The predicted molar refractivity (Wildman–Crippen MR) is 257 cm³/mol. The Balaban J connectivity index is 1.09. The number of rotatable bonds is 5. The standard InChI is InChI=1S/C59H36N4O/c1-4-16-37(17-5-1)38-28-30-41(31-29-38)57-61-56(40-20-8-3-9-21-40)62-58(63-57)42-32-35-50-45(36-42)53-44(55(60-50)39-18-6-2-7-19-39)33-34-49-54(53)43-22-10-11-23-46(43)59(49)47-24-12-14-26-51(47)64-52-27-15-13-25-48(52)59/h1-36H. The topological polar surface area (TPSA) is 60.8 Å². The van der Waals surface area contributed by atoms with Crippen molar-refractivity contribution >= 4 is 21.7 Å². The Hall–Kier alpha value is -8.54. The Labute approximate surface area is 370 Å². The number of hydrogen-bond acceptors (Lipinski definition) is 5. The molecule has 2 aliphatic rings. The van der Waals surface area contributed by atoms with E-state index in [0.717, 1.165) is 83.4 Å². The van der Waals surface area contributed by atoms with Crippen molar-refractivity contribution in [1.82, 2.24) is 19.9 Å². The molecule has 9 aromatic carbocycles. The van der Waals surface area contributed by atoms with Crippen LogP contribution in [0.2, 0.25) is 0 Å². The van der Waals surface area contributed by atoms with E-state index in [0.29, 0.717) is 17.5 Å². The minimum absolute atomic E-state index is 0.593. The number of ether oxygens (including phenoxy) is 1. The highest BCUT2D eigenvalue weighted by molar-refractivity contribution is 6.20. The maximum Gasteiger partial charge on any atom is 0.164 e. The lowest BCUT2D eigenvalue weighted by Crippen LogP contribution is -2.32. The molecule has 0 radical (unpaired) electrons. The van der Waals surface area contributed by atoms with Crippen LogP contribution in [-0.2, 0) is 5.41 Å². The molecular formula is C59H36N4O. The van der Waals surface area contributed by atoms with Crippen LogP contribution in [0.1, 0.15) is 22.3 Å². The van der Waals surface area contributed by atoms with Gasteiger partial charge in [-0.15, -0.1) is 0 Å². The van der Waals surface area contributed by atoms with Gasteiger partial charge in [-0.3, -0.25) is 0 Å². The zero-order chi connectivity index (χ0) is 42.2. The van der Waals surface area contributed by atoms with Crippen molar-refractivity contribution in [3.8, 4) is 79.2 Å². The van der Waals surface area contributed by atoms with E-state index in [2.05, 4.69) is 182 Å². The lowest BCUT2D eigenvalue weighted by molar-refractivity contribution is 0.436. The molecule has 1 spiro atoms. The maximum atomic E-state index is 6.67. The summed E-state index contributed by atoms with van der Waals surface area (Å²) in [6, 6.07) is 76.6. The van der Waals surface area contributed by atoms with Gasteiger partial charge in [-0.1, -0.05) is 188 Å². The van der Waals surface area contributed by atoms with Crippen LogP contribution in [0.25, 0.3) is 89.4 Å². The third-order valence-electron chi connectivity index (χ3n) is 13.0. The predicted octanol–water partition coefficient (Wildman–Crippen LogP) is 14.4. The summed E-state index contributed by atoms with van der Waals surface area (Å²) in [6.45, 7) is 0. The van der Waals surface area contributed by atoms with Crippen LogP contribution < -0.4 is 4.74 Å². The second-order valence-corrected chi connectivity index (χ2v) is 16.5. The van der Waals surface area contributed by atoms with Gasteiger partial charge in [0.1, 0.15) is 11.5 Å². The summed E-state index contributed by atoms with van der Waals surface area (Å²) in [5.74, 6) is 3.55. The molecule has 0 saturated heterocycles. The van der Waals surface area contributed by atoms with E-state index in [-0.39, 0.29) is 0 Å². The molecule has 0 saturated carbocycles. The minimum atomic E-state index is -0.616. The highest BCUT2D eigenvalue weighted by Crippen LogP contribution is 2.63. The first-order valence-electron chi connectivity index (χ1n) is 21.6. The summed E-state index contributed by atoms with van der Waals surface area (Å²) in [7, 11) is 0. The quantitative estimate of drug-likeness (QED) is 0.162. The fourth-order valence-electron chi connectivity index (χ4n) is 10.2. The molecule has 298 valence electrons. The number of aromatic nitrogens is 4. The number of pyridine rings is 1. The molecule has 64 heavy (non-hydrogen) atoms. The molecule has 3 heterocycles. The van der Waals surface area contributed by atoms with Crippen LogP contribution in [0.4, 0.5) is 0 Å². The van der Waals surface area contributed by atoms with Gasteiger partial charge in [-0.25, -0.2) is 19.9 Å². The first-order valence-corrected chi connectivity index (χ1v) is 21.6. The van der Waals surface area contributed by atoms with Gasteiger partial charge in [0.05, 0.1) is 16.6 Å². The molecule has 0 atom stereocenters. The fourth-order valence-corrected chi connectivity index (χ4v) is 10.2. The van der Waals surface area contributed by atoms with Gasteiger partial charge in [0, 0.05) is 49.5 Å². The summed E-state index contributed by atoms with van der Waals surface area (Å²) in [6.07, 6.45) is 0.